The van der Waals surface area contributed by atoms with Gasteiger partial charge in [-0.15, -0.1) is 4.85 Å². The summed E-state index contributed by atoms with van der Waals surface area (Å²) in [7, 11) is 0. The lowest BCUT2D eigenvalue weighted by molar-refractivity contribution is -0.685. The Morgan fingerprint density at radius 3 is 2.54 bits per heavy atom. The number of nitrogens with zero attached hydrogens (tertiary/aromatic N) is 2. The fourth-order valence-electron chi connectivity index (χ4n) is 0.909. The van der Waals surface area contributed by atoms with Crippen molar-refractivity contribution in [3.8, 4) is 11.6 Å². The minimum absolute atomic E-state index is 0.0839. The first kappa shape index (κ1) is 9.50. The second-order valence-corrected chi connectivity index (χ2v) is 2.24. The summed E-state index contributed by atoms with van der Waals surface area (Å²) in [5.41, 5.74) is 0. The van der Waals surface area contributed by atoms with Crippen molar-refractivity contribution in [2.45, 2.75) is 13.8 Å². The molecule has 0 saturated heterocycles. The highest BCUT2D eigenvalue weighted by atomic mass is 16.7. The van der Waals surface area contributed by atoms with Gasteiger partial charge < -0.3 is 19.9 Å². The molecule has 0 radical (unpaired) electrons. The molecule has 0 atom stereocenters. The predicted molar refractivity (Wildman–Crippen MR) is 44.5 cm³/mol. The number of hydrogen-bond donors (Lipinski definition) is 0. The van der Waals surface area contributed by atoms with Crippen LogP contribution in [-0.2, 0) is 0 Å². The van der Waals surface area contributed by atoms with Crippen molar-refractivity contribution in [3.63, 3.8) is 0 Å². The van der Waals surface area contributed by atoms with Crippen molar-refractivity contribution in [3.05, 3.63) is 16.6 Å². The first-order valence-electron chi connectivity index (χ1n) is 3.99. The molecule has 0 unspecified atom stereocenters. The van der Waals surface area contributed by atoms with Gasteiger partial charge in [0.1, 0.15) is 0 Å². The van der Waals surface area contributed by atoms with Gasteiger partial charge >= 0.3 is 0 Å². The first-order valence-corrected chi connectivity index (χ1v) is 3.99. The highest BCUT2D eigenvalue weighted by Crippen LogP contribution is 2.24. The topological polar surface area (TPSA) is 73.4 Å². The molecular weight excluding hydrogens is 176 g/mol. The van der Waals surface area contributed by atoms with E-state index in [0.717, 1.165) is 6.20 Å². The molecule has 0 aromatic carbocycles. The SMILES string of the molecule is CCOc1c[n+]([O-])n([O-])c1OCC. The van der Waals surface area contributed by atoms with Crippen molar-refractivity contribution >= 4 is 0 Å². The minimum atomic E-state index is -0.0839. The van der Waals surface area contributed by atoms with Crippen LogP contribution in [0, 0.1) is 10.4 Å². The van der Waals surface area contributed by atoms with Crippen LogP contribution >= 0.6 is 0 Å². The van der Waals surface area contributed by atoms with Crippen molar-refractivity contribution in [2.24, 2.45) is 0 Å². The molecule has 6 heteroatoms. The van der Waals surface area contributed by atoms with Gasteiger partial charge in [0.25, 0.3) is 17.8 Å². The summed E-state index contributed by atoms with van der Waals surface area (Å²) in [6.45, 7) is 4.17. The van der Waals surface area contributed by atoms with Gasteiger partial charge in [0.15, 0.2) is 0 Å². The van der Waals surface area contributed by atoms with Crippen LogP contribution < -0.4 is 14.3 Å². The Morgan fingerprint density at radius 1 is 1.38 bits per heavy atom. The molecule has 0 N–H and O–H groups in total. The second kappa shape index (κ2) is 3.88. The quantitative estimate of drug-likeness (QED) is 0.500. The zero-order chi connectivity index (χ0) is 9.84. The van der Waals surface area contributed by atoms with E-state index in [4.69, 9.17) is 9.47 Å². The molecule has 1 rings (SSSR count). The van der Waals surface area contributed by atoms with E-state index in [0.29, 0.717) is 13.2 Å². The molecule has 74 valence electrons. The van der Waals surface area contributed by atoms with Gasteiger partial charge in [-0.05, 0) is 13.8 Å². The smallest absolute Gasteiger partial charge is 0.293 e. The maximum atomic E-state index is 11.0. The van der Waals surface area contributed by atoms with Gasteiger partial charge in [-0.1, -0.05) is 4.85 Å². The van der Waals surface area contributed by atoms with E-state index in [-0.39, 0.29) is 21.3 Å². The van der Waals surface area contributed by atoms with Crippen molar-refractivity contribution in [1.82, 2.24) is 4.85 Å². The Bertz CT molecular complexity index is 284. The highest BCUT2D eigenvalue weighted by molar-refractivity contribution is 5.29. The molecule has 0 aliphatic carbocycles. The lowest BCUT2D eigenvalue weighted by Gasteiger charge is -2.09. The van der Waals surface area contributed by atoms with Crippen LogP contribution in [0.15, 0.2) is 6.20 Å². The normalized spacial score (nSPS) is 10.0. The van der Waals surface area contributed by atoms with E-state index in [1.165, 1.54) is 0 Å². The predicted octanol–water partition coefficient (Wildman–Crippen LogP) is 0.265. The van der Waals surface area contributed by atoms with E-state index >= 15 is 0 Å². The molecule has 0 saturated carbocycles. The molecule has 0 aliphatic rings. The van der Waals surface area contributed by atoms with Crippen LogP contribution in [0.1, 0.15) is 13.8 Å². The summed E-state index contributed by atoms with van der Waals surface area (Å²) in [5.74, 6) is 0.0914. The van der Waals surface area contributed by atoms with E-state index in [1.807, 2.05) is 0 Å². The lowest BCUT2D eigenvalue weighted by atomic mass is 10.6. The average Bonchev–Trinajstić information content (AvgIpc) is 2.34. The van der Waals surface area contributed by atoms with Crippen LogP contribution in [0.4, 0.5) is 0 Å². The van der Waals surface area contributed by atoms with Gasteiger partial charge in [-0.2, -0.15) is 0 Å². The maximum Gasteiger partial charge on any atom is 0.293 e. The Kier molecular flexibility index (Phi) is 2.84. The van der Waals surface area contributed by atoms with E-state index in [2.05, 4.69) is 0 Å². The van der Waals surface area contributed by atoms with Gasteiger partial charge in [-0.25, -0.2) is 0 Å². The van der Waals surface area contributed by atoms with Crippen molar-refractivity contribution in [2.75, 3.05) is 13.2 Å². The fraction of sp³-hybridized carbons (Fsp3) is 0.571. The monoisotopic (exact) mass is 187 g/mol. The third-order valence-corrected chi connectivity index (χ3v) is 1.37. The van der Waals surface area contributed by atoms with E-state index in [1.54, 1.807) is 13.8 Å². The molecule has 1 aromatic heterocycles. The molecule has 0 bridgehead atoms. The number of hydrogen-bond acceptors (Lipinski definition) is 4. The van der Waals surface area contributed by atoms with Crippen LogP contribution in [0.5, 0.6) is 11.6 Å². The van der Waals surface area contributed by atoms with Crippen LogP contribution in [0.2, 0.25) is 0 Å². The number of rotatable bonds is 4. The summed E-state index contributed by atoms with van der Waals surface area (Å²) >= 11 is 0. The Labute approximate surface area is 75.4 Å². The second-order valence-electron chi connectivity index (χ2n) is 2.24. The van der Waals surface area contributed by atoms with E-state index < -0.39 is 0 Å². The van der Waals surface area contributed by atoms with Crippen LogP contribution in [0.25, 0.3) is 0 Å². The average molecular weight is 187 g/mol. The maximum absolute atomic E-state index is 11.0. The molecule has 1 aromatic rings. The Morgan fingerprint density at radius 2 is 2.00 bits per heavy atom. The fourth-order valence-corrected chi connectivity index (χ4v) is 0.909. The zero-order valence-electron chi connectivity index (χ0n) is 7.52. The Balaban J connectivity index is 2.96. The standard InChI is InChI=1S/C7H11N2O4/c1-3-12-6-5-8(10)9(11)7(6)13-4-2/h5H,3-4H2,1-2H3/q-1. The van der Waals surface area contributed by atoms with Crippen molar-refractivity contribution in [1.29, 1.82) is 0 Å². The molecule has 1 heterocycles. The lowest BCUT2D eigenvalue weighted by Crippen LogP contribution is -2.33. The summed E-state index contributed by atoms with van der Waals surface area (Å²) < 4.78 is 9.97. The number of ether oxygens (including phenoxy) is 2. The molecule has 6 nitrogen and oxygen atoms in total. The minimum Gasteiger partial charge on any atom is -0.755 e. The van der Waals surface area contributed by atoms with E-state index in [9.17, 15) is 10.4 Å². The molecule has 0 amide bonds. The summed E-state index contributed by atoms with van der Waals surface area (Å²) in [6, 6.07) is 0. The van der Waals surface area contributed by atoms with Crippen molar-refractivity contribution < 1.29 is 14.3 Å². The first-order chi connectivity index (χ1) is 6.20. The largest absolute Gasteiger partial charge is 0.755 e. The van der Waals surface area contributed by atoms with Gasteiger partial charge in [0.2, 0.25) is 0 Å². The molecular formula is C7H11N2O4-. The Hall–Kier alpha value is -1.59. The third-order valence-electron chi connectivity index (χ3n) is 1.37. The van der Waals surface area contributed by atoms with Crippen LogP contribution in [-0.4, -0.2) is 18.1 Å². The zero-order valence-corrected chi connectivity index (χ0v) is 7.52. The molecule has 13 heavy (non-hydrogen) atoms. The van der Waals surface area contributed by atoms with Gasteiger partial charge in [-0.3, -0.25) is 0 Å². The summed E-state index contributed by atoms with van der Waals surface area (Å²) in [5, 5.41) is 21.8. The van der Waals surface area contributed by atoms with Gasteiger partial charge in [0, 0.05) is 0 Å². The van der Waals surface area contributed by atoms with Gasteiger partial charge in [0.05, 0.1) is 13.2 Å². The summed E-state index contributed by atoms with van der Waals surface area (Å²) in [6.07, 6.45) is 1.04. The van der Waals surface area contributed by atoms with Crippen LogP contribution in [0.3, 0.4) is 0 Å². The molecule has 0 fully saturated rings. The number of aromatic nitrogens is 2. The highest BCUT2D eigenvalue weighted by Gasteiger charge is 2.16. The third kappa shape index (κ3) is 1.77. The molecule has 0 aliphatic heterocycles. The molecule has 0 spiro atoms. The summed E-state index contributed by atoms with van der Waals surface area (Å²) in [4.78, 5) is 0.227.